The summed E-state index contributed by atoms with van der Waals surface area (Å²) in [6.45, 7) is 0. The first-order valence-electron chi connectivity index (χ1n) is 4.78. The van der Waals surface area contributed by atoms with Crippen molar-refractivity contribution in [2.75, 3.05) is 11.2 Å². The molecule has 1 N–H and O–H groups in total. The van der Waals surface area contributed by atoms with Gasteiger partial charge >= 0.3 is 0 Å². The predicted molar refractivity (Wildman–Crippen MR) is 65.1 cm³/mol. The standard InChI is InChI=1S/C12H11ClN2O/c13-8-7-12(16)15-11-5-3-10(4-6-11)2-1-9-14/h1-6H,7-8H2,(H,15,16). The molecule has 0 aliphatic carbocycles. The lowest BCUT2D eigenvalue weighted by Gasteiger charge is -2.03. The quantitative estimate of drug-likeness (QED) is 0.643. The average molecular weight is 235 g/mol. The zero-order valence-corrected chi connectivity index (χ0v) is 9.37. The van der Waals surface area contributed by atoms with Gasteiger partial charge in [0.2, 0.25) is 5.91 Å². The number of amides is 1. The van der Waals surface area contributed by atoms with Gasteiger partial charge in [-0.25, -0.2) is 0 Å². The molecular weight excluding hydrogens is 224 g/mol. The molecule has 0 saturated carbocycles. The fourth-order valence-electron chi connectivity index (χ4n) is 1.12. The molecule has 0 unspecified atom stereocenters. The first-order chi connectivity index (χ1) is 7.76. The van der Waals surface area contributed by atoms with Crippen LogP contribution in [0.2, 0.25) is 0 Å². The largest absolute Gasteiger partial charge is 0.326 e. The van der Waals surface area contributed by atoms with Crippen LogP contribution in [0.5, 0.6) is 0 Å². The Morgan fingerprint density at radius 3 is 2.69 bits per heavy atom. The van der Waals surface area contributed by atoms with E-state index in [1.807, 2.05) is 18.2 Å². The number of hydrogen-bond acceptors (Lipinski definition) is 2. The molecule has 16 heavy (non-hydrogen) atoms. The monoisotopic (exact) mass is 234 g/mol. The summed E-state index contributed by atoms with van der Waals surface area (Å²) in [4.78, 5) is 11.2. The maximum absolute atomic E-state index is 11.2. The van der Waals surface area contributed by atoms with Gasteiger partial charge in [0.15, 0.2) is 0 Å². The minimum atomic E-state index is -0.102. The molecule has 0 radical (unpaired) electrons. The summed E-state index contributed by atoms with van der Waals surface area (Å²) >= 11 is 5.44. The van der Waals surface area contributed by atoms with Gasteiger partial charge in [0.1, 0.15) is 0 Å². The van der Waals surface area contributed by atoms with E-state index in [0.717, 1.165) is 11.3 Å². The van der Waals surface area contributed by atoms with Gasteiger partial charge in [-0.05, 0) is 23.8 Å². The first-order valence-corrected chi connectivity index (χ1v) is 5.32. The normalized spacial score (nSPS) is 10.0. The van der Waals surface area contributed by atoms with E-state index in [9.17, 15) is 4.79 Å². The maximum atomic E-state index is 11.2. The molecular formula is C12H11ClN2O. The number of anilines is 1. The number of benzene rings is 1. The molecule has 0 heterocycles. The fourth-order valence-corrected chi connectivity index (χ4v) is 1.29. The SMILES string of the molecule is N#CC=Cc1ccc(NC(=O)CCCl)cc1. The molecule has 1 aromatic rings. The first kappa shape index (κ1) is 12.3. The topological polar surface area (TPSA) is 52.9 Å². The number of nitriles is 1. The third-order valence-electron chi connectivity index (χ3n) is 1.87. The van der Waals surface area contributed by atoms with Gasteiger partial charge in [-0.2, -0.15) is 5.26 Å². The molecule has 3 nitrogen and oxygen atoms in total. The van der Waals surface area contributed by atoms with Crippen molar-refractivity contribution < 1.29 is 4.79 Å². The number of rotatable bonds is 4. The Labute approximate surface area is 99.3 Å². The van der Waals surface area contributed by atoms with Gasteiger partial charge in [-0.3, -0.25) is 4.79 Å². The number of carbonyl (C=O) groups excluding carboxylic acids is 1. The lowest BCUT2D eigenvalue weighted by atomic mass is 10.2. The van der Waals surface area contributed by atoms with Crippen molar-refractivity contribution >= 4 is 29.3 Å². The molecule has 0 spiro atoms. The zero-order chi connectivity index (χ0) is 11.8. The Hall–Kier alpha value is -1.79. The number of nitrogens with one attached hydrogen (secondary N) is 1. The molecule has 1 amide bonds. The maximum Gasteiger partial charge on any atom is 0.225 e. The lowest BCUT2D eigenvalue weighted by Crippen LogP contribution is -2.11. The van der Waals surface area contributed by atoms with Gasteiger partial charge in [0.05, 0.1) is 6.07 Å². The number of hydrogen-bond donors (Lipinski definition) is 1. The van der Waals surface area contributed by atoms with Crippen LogP contribution in [0.15, 0.2) is 30.3 Å². The molecule has 1 rings (SSSR count). The Balaban J connectivity index is 2.61. The van der Waals surface area contributed by atoms with Gasteiger partial charge in [0.25, 0.3) is 0 Å². The number of carbonyl (C=O) groups is 1. The van der Waals surface area contributed by atoms with Crippen LogP contribution in [0, 0.1) is 11.3 Å². The van der Waals surface area contributed by atoms with E-state index in [4.69, 9.17) is 16.9 Å². The molecule has 0 atom stereocenters. The fraction of sp³-hybridized carbons (Fsp3) is 0.167. The summed E-state index contributed by atoms with van der Waals surface area (Å²) in [6, 6.07) is 9.12. The highest BCUT2D eigenvalue weighted by molar-refractivity contribution is 6.19. The second kappa shape index (κ2) is 6.65. The zero-order valence-electron chi connectivity index (χ0n) is 8.61. The third-order valence-corrected chi connectivity index (χ3v) is 2.06. The summed E-state index contributed by atoms with van der Waals surface area (Å²) in [7, 11) is 0. The molecule has 0 fully saturated rings. The van der Waals surface area contributed by atoms with E-state index in [0.29, 0.717) is 12.3 Å². The summed E-state index contributed by atoms with van der Waals surface area (Å²) in [5.74, 6) is 0.213. The van der Waals surface area contributed by atoms with Gasteiger partial charge in [-0.1, -0.05) is 12.1 Å². The van der Waals surface area contributed by atoms with Crippen LogP contribution >= 0.6 is 11.6 Å². The number of nitrogens with zero attached hydrogens (tertiary/aromatic N) is 1. The van der Waals surface area contributed by atoms with E-state index in [1.165, 1.54) is 6.08 Å². The van der Waals surface area contributed by atoms with Crippen LogP contribution in [0.25, 0.3) is 6.08 Å². The van der Waals surface area contributed by atoms with Crippen LogP contribution < -0.4 is 5.32 Å². The summed E-state index contributed by atoms with van der Waals surface area (Å²) < 4.78 is 0. The average Bonchev–Trinajstić information content (AvgIpc) is 2.28. The molecule has 0 saturated heterocycles. The Morgan fingerprint density at radius 1 is 1.44 bits per heavy atom. The highest BCUT2D eigenvalue weighted by Gasteiger charge is 2.00. The van der Waals surface area contributed by atoms with Crippen LogP contribution in [-0.4, -0.2) is 11.8 Å². The van der Waals surface area contributed by atoms with E-state index < -0.39 is 0 Å². The highest BCUT2D eigenvalue weighted by Crippen LogP contribution is 2.11. The second-order valence-corrected chi connectivity index (χ2v) is 3.45. The van der Waals surface area contributed by atoms with Gasteiger partial charge < -0.3 is 5.32 Å². The van der Waals surface area contributed by atoms with Crippen molar-refractivity contribution in [3.63, 3.8) is 0 Å². The summed E-state index contributed by atoms with van der Waals surface area (Å²) in [5, 5.41) is 11.1. The number of allylic oxidation sites excluding steroid dienone is 1. The molecule has 0 aliphatic rings. The summed E-state index contributed by atoms with van der Waals surface area (Å²) in [6.07, 6.45) is 3.41. The van der Waals surface area contributed by atoms with Crippen LogP contribution in [0.1, 0.15) is 12.0 Å². The summed E-state index contributed by atoms with van der Waals surface area (Å²) in [5.41, 5.74) is 1.64. The minimum Gasteiger partial charge on any atom is -0.326 e. The number of halogens is 1. The van der Waals surface area contributed by atoms with E-state index in [-0.39, 0.29) is 5.91 Å². The molecule has 0 aromatic heterocycles. The van der Waals surface area contributed by atoms with E-state index in [2.05, 4.69) is 5.32 Å². The van der Waals surface area contributed by atoms with Crippen molar-refractivity contribution in [2.24, 2.45) is 0 Å². The smallest absolute Gasteiger partial charge is 0.225 e. The molecule has 0 bridgehead atoms. The van der Waals surface area contributed by atoms with Gasteiger partial charge in [-0.15, -0.1) is 11.6 Å². The van der Waals surface area contributed by atoms with Crippen molar-refractivity contribution in [1.29, 1.82) is 5.26 Å². The van der Waals surface area contributed by atoms with Crippen LogP contribution in [0.3, 0.4) is 0 Å². The molecule has 1 aromatic carbocycles. The molecule has 0 aliphatic heterocycles. The van der Waals surface area contributed by atoms with Crippen LogP contribution in [-0.2, 0) is 4.79 Å². The predicted octanol–water partition coefficient (Wildman–Crippen LogP) is 2.79. The molecule has 82 valence electrons. The van der Waals surface area contributed by atoms with E-state index in [1.54, 1.807) is 18.2 Å². The van der Waals surface area contributed by atoms with Crippen molar-refractivity contribution in [2.45, 2.75) is 6.42 Å². The van der Waals surface area contributed by atoms with Crippen molar-refractivity contribution in [3.8, 4) is 6.07 Å². The van der Waals surface area contributed by atoms with Crippen LogP contribution in [0.4, 0.5) is 5.69 Å². The Bertz CT molecular complexity index is 418. The Kier molecular flexibility index (Phi) is 5.10. The third kappa shape index (κ3) is 4.16. The molecule has 4 heteroatoms. The Morgan fingerprint density at radius 2 is 2.12 bits per heavy atom. The second-order valence-electron chi connectivity index (χ2n) is 3.07. The van der Waals surface area contributed by atoms with Crippen molar-refractivity contribution in [1.82, 2.24) is 0 Å². The number of alkyl halides is 1. The highest BCUT2D eigenvalue weighted by atomic mass is 35.5. The van der Waals surface area contributed by atoms with Gasteiger partial charge in [0, 0.05) is 24.1 Å². The lowest BCUT2D eigenvalue weighted by molar-refractivity contribution is -0.115. The minimum absolute atomic E-state index is 0.102. The van der Waals surface area contributed by atoms with E-state index >= 15 is 0 Å². The van der Waals surface area contributed by atoms with Crippen molar-refractivity contribution in [3.05, 3.63) is 35.9 Å².